The van der Waals surface area contributed by atoms with E-state index in [1.165, 1.54) is 6.26 Å². The fourth-order valence-corrected chi connectivity index (χ4v) is 3.56. The molecule has 1 aromatic rings. The van der Waals surface area contributed by atoms with E-state index in [1.54, 1.807) is 24.2 Å². The third-order valence-corrected chi connectivity index (χ3v) is 4.55. The predicted octanol–water partition coefficient (Wildman–Crippen LogP) is 0.859. The second kappa shape index (κ2) is 6.22. The molecule has 0 aliphatic rings. The molecule has 4 nitrogen and oxygen atoms in total. The van der Waals surface area contributed by atoms with Gasteiger partial charge in [-0.05, 0) is 11.6 Å². The molecule has 2 N–H and O–H groups in total. The van der Waals surface area contributed by atoms with E-state index < -0.39 is 9.84 Å². The van der Waals surface area contributed by atoms with Crippen LogP contribution in [0.4, 0.5) is 0 Å². The minimum absolute atomic E-state index is 0.121. The van der Waals surface area contributed by atoms with Gasteiger partial charge in [-0.3, -0.25) is 4.98 Å². The minimum atomic E-state index is -2.89. The van der Waals surface area contributed by atoms with Crippen molar-refractivity contribution in [2.24, 2.45) is 5.73 Å². The minimum Gasteiger partial charge on any atom is -0.329 e. The maximum Gasteiger partial charge on any atom is 0.148 e. The molecule has 0 saturated heterocycles. The van der Waals surface area contributed by atoms with Gasteiger partial charge in [-0.1, -0.05) is 6.07 Å². The fraction of sp³-hybridized carbons (Fsp3) is 0.500. The van der Waals surface area contributed by atoms with Crippen molar-refractivity contribution < 1.29 is 8.42 Å². The number of rotatable bonds is 6. The van der Waals surface area contributed by atoms with Crippen LogP contribution in [0.1, 0.15) is 10.8 Å². The van der Waals surface area contributed by atoms with Crippen molar-refractivity contribution in [2.75, 3.05) is 24.3 Å². The number of hydrogen-bond donors (Lipinski definition) is 1. The van der Waals surface area contributed by atoms with Crippen LogP contribution in [-0.2, 0) is 9.84 Å². The van der Waals surface area contributed by atoms with Gasteiger partial charge in [-0.15, -0.1) is 0 Å². The predicted molar refractivity (Wildman–Crippen MR) is 68.2 cm³/mol. The lowest BCUT2D eigenvalue weighted by molar-refractivity contribution is 0.603. The molecule has 1 atom stereocenters. The van der Waals surface area contributed by atoms with E-state index in [1.807, 2.05) is 12.1 Å². The highest BCUT2D eigenvalue weighted by Gasteiger charge is 2.11. The molecule has 1 heterocycles. The van der Waals surface area contributed by atoms with Crippen molar-refractivity contribution in [1.29, 1.82) is 0 Å². The summed E-state index contributed by atoms with van der Waals surface area (Å²) < 4.78 is 22.0. The molecule has 0 radical (unpaired) electrons. The molecule has 0 bridgehead atoms. The van der Waals surface area contributed by atoms with Gasteiger partial charge in [0.2, 0.25) is 0 Å². The molecule has 1 unspecified atom stereocenters. The molecule has 16 heavy (non-hydrogen) atoms. The second-order valence-electron chi connectivity index (χ2n) is 3.51. The topological polar surface area (TPSA) is 73.0 Å². The van der Waals surface area contributed by atoms with E-state index >= 15 is 0 Å². The zero-order chi connectivity index (χ0) is 12.0. The van der Waals surface area contributed by atoms with E-state index in [2.05, 4.69) is 4.98 Å². The van der Waals surface area contributed by atoms with Crippen molar-refractivity contribution in [3.8, 4) is 0 Å². The van der Waals surface area contributed by atoms with E-state index in [9.17, 15) is 8.42 Å². The number of sulfone groups is 1. The lowest BCUT2D eigenvalue weighted by atomic mass is 10.2. The fourth-order valence-electron chi connectivity index (χ4n) is 1.21. The highest BCUT2D eigenvalue weighted by atomic mass is 32.2. The molecule has 1 rings (SSSR count). The summed E-state index contributed by atoms with van der Waals surface area (Å²) >= 11 is 1.56. The monoisotopic (exact) mass is 260 g/mol. The van der Waals surface area contributed by atoms with Crippen LogP contribution in [0.15, 0.2) is 24.5 Å². The average Bonchev–Trinajstić information content (AvgIpc) is 2.24. The average molecular weight is 260 g/mol. The molecule has 0 aliphatic carbocycles. The Morgan fingerprint density at radius 2 is 2.31 bits per heavy atom. The molecular weight excluding hydrogens is 244 g/mol. The third kappa shape index (κ3) is 4.96. The van der Waals surface area contributed by atoms with Crippen molar-refractivity contribution in [2.45, 2.75) is 5.25 Å². The lowest BCUT2D eigenvalue weighted by Gasteiger charge is -2.13. The summed E-state index contributed by atoms with van der Waals surface area (Å²) in [5, 5.41) is 0.121. The van der Waals surface area contributed by atoms with Gasteiger partial charge < -0.3 is 5.73 Å². The Hall–Kier alpha value is -0.590. The van der Waals surface area contributed by atoms with Crippen LogP contribution in [-0.4, -0.2) is 37.7 Å². The van der Waals surface area contributed by atoms with Crippen molar-refractivity contribution in [3.05, 3.63) is 30.1 Å². The second-order valence-corrected chi connectivity index (χ2v) is 7.08. The van der Waals surface area contributed by atoms with Crippen molar-refractivity contribution >= 4 is 21.6 Å². The smallest absolute Gasteiger partial charge is 0.148 e. The molecule has 0 spiro atoms. The maximum absolute atomic E-state index is 11.0. The number of nitrogens with zero attached hydrogens (tertiary/aromatic N) is 1. The summed E-state index contributed by atoms with van der Waals surface area (Å²) in [6, 6.07) is 3.81. The Bertz CT molecular complexity index is 406. The molecule has 6 heteroatoms. The molecule has 1 aromatic heterocycles. The normalized spacial score (nSPS) is 13.6. The third-order valence-electron chi connectivity index (χ3n) is 2.04. The Morgan fingerprint density at radius 1 is 1.56 bits per heavy atom. The molecule has 90 valence electrons. The van der Waals surface area contributed by atoms with Crippen LogP contribution in [0.25, 0.3) is 0 Å². The molecule has 0 fully saturated rings. The first-order chi connectivity index (χ1) is 7.53. The number of thioether (sulfide) groups is 1. The van der Waals surface area contributed by atoms with E-state index in [4.69, 9.17) is 5.73 Å². The first-order valence-electron chi connectivity index (χ1n) is 4.92. The molecule has 0 aliphatic heterocycles. The first kappa shape index (κ1) is 13.5. The van der Waals surface area contributed by atoms with Gasteiger partial charge in [0.25, 0.3) is 0 Å². The van der Waals surface area contributed by atoms with Crippen molar-refractivity contribution in [1.82, 2.24) is 4.98 Å². The zero-order valence-electron chi connectivity index (χ0n) is 9.17. The molecule has 0 aromatic carbocycles. The van der Waals surface area contributed by atoms with Crippen molar-refractivity contribution in [3.63, 3.8) is 0 Å². The first-order valence-corrected chi connectivity index (χ1v) is 8.03. The maximum atomic E-state index is 11.0. The summed E-state index contributed by atoms with van der Waals surface area (Å²) in [7, 11) is -2.89. The lowest BCUT2D eigenvalue weighted by Crippen LogP contribution is -2.12. The molecule has 0 amide bonds. The van der Waals surface area contributed by atoms with Gasteiger partial charge in [-0.2, -0.15) is 11.8 Å². The largest absolute Gasteiger partial charge is 0.329 e. The van der Waals surface area contributed by atoms with Gasteiger partial charge in [0.05, 0.1) is 5.75 Å². The zero-order valence-corrected chi connectivity index (χ0v) is 10.8. The van der Waals surface area contributed by atoms with Gasteiger partial charge in [-0.25, -0.2) is 8.42 Å². The van der Waals surface area contributed by atoms with E-state index in [0.29, 0.717) is 12.3 Å². The number of hydrogen-bond acceptors (Lipinski definition) is 5. The highest BCUT2D eigenvalue weighted by Crippen LogP contribution is 2.26. The Labute approximate surface area is 101 Å². The van der Waals surface area contributed by atoms with Gasteiger partial charge >= 0.3 is 0 Å². The van der Waals surface area contributed by atoms with Crippen LogP contribution >= 0.6 is 11.8 Å². The summed E-state index contributed by atoms with van der Waals surface area (Å²) in [5.41, 5.74) is 6.70. The van der Waals surface area contributed by atoms with Gasteiger partial charge in [0, 0.05) is 36.2 Å². The number of pyridine rings is 1. The SMILES string of the molecule is CS(=O)(=O)CCSC(CN)c1cccnc1. The Morgan fingerprint density at radius 3 is 2.81 bits per heavy atom. The van der Waals surface area contributed by atoms with Crippen LogP contribution in [0.5, 0.6) is 0 Å². The van der Waals surface area contributed by atoms with Gasteiger partial charge in [0.15, 0.2) is 0 Å². The number of nitrogens with two attached hydrogens (primary N) is 1. The standard InChI is InChI=1S/C10H16N2O2S2/c1-16(13,14)6-5-15-10(7-11)9-3-2-4-12-8-9/h2-4,8,10H,5-7,11H2,1H3. The summed E-state index contributed by atoms with van der Waals surface area (Å²) in [5.74, 6) is 0.754. The summed E-state index contributed by atoms with van der Waals surface area (Å²) in [4.78, 5) is 4.02. The molecule has 0 saturated carbocycles. The summed E-state index contributed by atoms with van der Waals surface area (Å²) in [6.45, 7) is 0.486. The van der Waals surface area contributed by atoms with Crippen LogP contribution in [0.3, 0.4) is 0 Å². The van der Waals surface area contributed by atoms with E-state index in [-0.39, 0.29) is 11.0 Å². The van der Waals surface area contributed by atoms with Crippen LogP contribution < -0.4 is 5.73 Å². The Kier molecular flexibility index (Phi) is 5.24. The molecular formula is C10H16N2O2S2. The van der Waals surface area contributed by atoms with Crippen LogP contribution in [0.2, 0.25) is 0 Å². The van der Waals surface area contributed by atoms with E-state index in [0.717, 1.165) is 5.56 Å². The quantitative estimate of drug-likeness (QED) is 0.821. The highest BCUT2D eigenvalue weighted by molar-refractivity contribution is 8.00. The Balaban J connectivity index is 2.51. The summed E-state index contributed by atoms with van der Waals surface area (Å²) in [6.07, 6.45) is 4.72. The van der Waals surface area contributed by atoms with Gasteiger partial charge in [0.1, 0.15) is 9.84 Å². The van der Waals surface area contributed by atoms with Crippen LogP contribution in [0, 0.1) is 0 Å². The number of aromatic nitrogens is 1.